The second-order valence-electron chi connectivity index (χ2n) is 5.00. The van der Waals surface area contributed by atoms with Crippen LogP contribution in [-0.4, -0.2) is 6.18 Å². The van der Waals surface area contributed by atoms with Crippen molar-refractivity contribution in [3.63, 3.8) is 0 Å². The van der Waals surface area contributed by atoms with Gasteiger partial charge < -0.3 is 0 Å². The van der Waals surface area contributed by atoms with Crippen LogP contribution in [0.5, 0.6) is 0 Å². The van der Waals surface area contributed by atoms with Crippen LogP contribution in [-0.2, 0) is 0 Å². The summed E-state index contributed by atoms with van der Waals surface area (Å²) < 4.78 is 38.1. The molecule has 2 unspecified atom stereocenters. The van der Waals surface area contributed by atoms with Gasteiger partial charge in [0.25, 0.3) is 0 Å². The molecule has 0 aromatic rings. The molecule has 1 aliphatic rings. The molecule has 0 heterocycles. The average Bonchev–Trinajstić information content (AvgIpc) is 2.67. The SMILES string of the molecule is CC.CCC1CCC(C(C)(C)C(F)(F)F)C1. The predicted octanol–water partition coefficient (Wildman–Crippen LogP) is 5.43. The monoisotopic (exact) mass is 238 g/mol. The quantitative estimate of drug-likeness (QED) is 0.602. The van der Waals surface area contributed by atoms with Crippen LogP contribution in [0.2, 0.25) is 0 Å². The van der Waals surface area contributed by atoms with Gasteiger partial charge in [-0.25, -0.2) is 0 Å². The number of hydrogen-bond acceptors (Lipinski definition) is 0. The van der Waals surface area contributed by atoms with E-state index in [4.69, 9.17) is 0 Å². The van der Waals surface area contributed by atoms with Crippen molar-refractivity contribution in [2.24, 2.45) is 17.3 Å². The third kappa shape index (κ3) is 3.39. The van der Waals surface area contributed by atoms with Gasteiger partial charge in [-0.05, 0) is 24.7 Å². The molecule has 0 aliphatic heterocycles. The Bertz CT molecular complexity index is 194. The highest BCUT2D eigenvalue weighted by atomic mass is 19.4. The summed E-state index contributed by atoms with van der Waals surface area (Å²) in [5.74, 6) is 0.342. The zero-order chi connectivity index (χ0) is 13.0. The molecule has 1 saturated carbocycles. The largest absolute Gasteiger partial charge is 0.394 e. The van der Waals surface area contributed by atoms with E-state index in [0.29, 0.717) is 5.92 Å². The highest BCUT2D eigenvalue weighted by molar-refractivity contribution is 4.90. The Morgan fingerprint density at radius 1 is 1.06 bits per heavy atom. The Balaban J connectivity index is 0.00000106. The van der Waals surface area contributed by atoms with Crippen LogP contribution in [0.1, 0.15) is 60.3 Å². The first-order valence-electron chi connectivity index (χ1n) is 6.35. The van der Waals surface area contributed by atoms with Gasteiger partial charge in [0, 0.05) is 0 Å². The standard InChI is InChI=1S/C11H19F3.C2H6/c1-4-8-5-6-9(7-8)10(2,3)11(12,13)14;1-2/h8-9H,4-7H2,1-3H3;1-2H3. The zero-order valence-corrected chi connectivity index (χ0v) is 11.1. The van der Waals surface area contributed by atoms with E-state index < -0.39 is 11.6 Å². The van der Waals surface area contributed by atoms with Crippen LogP contribution in [0, 0.1) is 17.3 Å². The summed E-state index contributed by atoms with van der Waals surface area (Å²) in [4.78, 5) is 0. The normalized spacial score (nSPS) is 26.2. The molecule has 0 saturated heterocycles. The Hall–Kier alpha value is -0.210. The molecule has 98 valence electrons. The molecule has 0 N–H and O–H groups in total. The van der Waals surface area contributed by atoms with Gasteiger partial charge in [0.15, 0.2) is 0 Å². The van der Waals surface area contributed by atoms with E-state index in [1.165, 1.54) is 13.8 Å². The molecule has 0 aromatic heterocycles. The minimum absolute atomic E-state index is 0.174. The van der Waals surface area contributed by atoms with Gasteiger partial charge in [0.05, 0.1) is 5.41 Å². The van der Waals surface area contributed by atoms with Crippen LogP contribution < -0.4 is 0 Å². The van der Waals surface area contributed by atoms with Gasteiger partial charge in [-0.15, -0.1) is 0 Å². The highest BCUT2D eigenvalue weighted by Gasteiger charge is 2.53. The van der Waals surface area contributed by atoms with Crippen molar-refractivity contribution in [1.82, 2.24) is 0 Å². The fraction of sp³-hybridized carbons (Fsp3) is 1.00. The van der Waals surface area contributed by atoms with Crippen LogP contribution in [0.25, 0.3) is 0 Å². The Labute approximate surface area is 97.6 Å². The Morgan fingerprint density at radius 3 is 1.88 bits per heavy atom. The fourth-order valence-corrected chi connectivity index (χ4v) is 2.33. The second kappa shape index (κ2) is 5.92. The topological polar surface area (TPSA) is 0 Å². The fourth-order valence-electron chi connectivity index (χ4n) is 2.33. The lowest BCUT2D eigenvalue weighted by Gasteiger charge is -2.34. The first-order valence-corrected chi connectivity index (χ1v) is 6.35. The van der Waals surface area contributed by atoms with E-state index in [1.54, 1.807) is 0 Å². The van der Waals surface area contributed by atoms with E-state index in [-0.39, 0.29) is 5.92 Å². The molecule has 3 heteroatoms. The number of alkyl halides is 3. The molecule has 1 fully saturated rings. The third-order valence-electron chi connectivity index (χ3n) is 3.87. The summed E-state index contributed by atoms with van der Waals surface area (Å²) in [6.07, 6.45) is -0.570. The van der Waals surface area contributed by atoms with E-state index in [9.17, 15) is 13.2 Å². The Kier molecular flexibility index (Phi) is 5.85. The molecule has 0 bridgehead atoms. The van der Waals surface area contributed by atoms with E-state index in [0.717, 1.165) is 25.7 Å². The lowest BCUT2D eigenvalue weighted by molar-refractivity contribution is -0.229. The maximum absolute atomic E-state index is 12.7. The molecular formula is C13H25F3. The molecule has 0 nitrogen and oxygen atoms in total. The lowest BCUT2D eigenvalue weighted by atomic mass is 9.76. The van der Waals surface area contributed by atoms with Gasteiger partial charge in [0.1, 0.15) is 0 Å². The molecular weight excluding hydrogens is 213 g/mol. The molecule has 0 radical (unpaired) electrons. The third-order valence-corrected chi connectivity index (χ3v) is 3.87. The van der Waals surface area contributed by atoms with E-state index in [1.807, 2.05) is 13.8 Å². The van der Waals surface area contributed by atoms with Crippen LogP contribution >= 0.6 is 0 Å². The molecule has 0 spiro atoms. The van der Waals surface area contributed by atoms with Crippen molar-refractivity contribution >= 4 is 0 Å². The minimum Gasteiger partial charge on any atom is -0.171 e. The Morgan fingerprint density at radius 2 is 1.56 bits per heavy atom. The van der Waals surface area contributed by atoms with Gasteiger partial charge >= 0.3 is 6.18 Å². The summed E-state index contributed by atoms with van der Waals surface area (Å²) in [5, 5.41) is 0. The van der Waals surface area contributed by atoms with Crippen molar-refractivity contribution in [2.45, 2.75) is 66.5 Å². The maximum atomic E-state index is 12.7. The van der Waals surface area contributed by atoms with Crippen LogP contribution in [0.3, 0.4) is 0 Å². The van der Waals surface area contributed by atoms with Crippen molar-refractivity contribution in [3.05, 3.63) is 0 Å². The van der Waals surface area contributed by atoms with Crippen molar-refractivity contribution in [1.29, 1.82) is 0 Å². The van der Waals surface area contributed by atoms with Crippen molar-refractivity contribution < 1.29 is 13.2 Å². The lowest BCUT2D eigenvalue weighted by Crippen LogP contribution is -2.38. The van der Waals surface area contributed by atoms with E-state index >= 15 is 0 Å². The zero-order valence-electron chi connectivity index (χ0n) is 11.1. The minimum atomic E-state index is -4.06. The van der Waals surface area contributed by atoms with Gasteiger partial charge in [0.2, 0.25) is 0 Å². The summed E-state index contributed by atoms with van der Waals surface area (Å²) in [7, 11) is 0. The first-order chi connectivity index (χ1) is 7.29. The molecule has 1 aliphatic carbocycles. The van der Waals surface area contributed by atoms with Gasteiger partial charge in [-0.1, -0.05) is 47.5 Å². The molecule has 0 aromatic carbocycles. The molecule has 0 amide bonds. The van der Waals surface area contributed by atoms with Crippen LogP contribution in [0.15, 0.2) is 0 Å². The smallest absolute Gasteiger partial charge is 0.171 e. The van der Waals surface area contributed by atoms with Crippen molar-refractivity contribution in [3.8, 4) is 0 Å². The van der Waals surface area contributed by atoms with Crippen molar-refractivity contribution in [2.75, 3.05) is 0 Å². The van der Waals surface area contributed by atoms with Crippen LogP contribution in [0.4, 0.5) is 13.2 Å². The van der Waals surface area contributed by atoms with E-state index in [2.05, 4.69) is 6.92 Å². The first kappa shape index (κ1) is 15.8. The predicted molar refractivity (Wildman–Crippen MR) is 62.3 cm³/mol. The highest BCUT2D eigenvalue weighted by Crippen LogP contribution is 2.51. The molecule has 16 heavy (non-hydrogen) atoms. The number of hydrogen-bond donors (Lipinski definition) is 0. The summed E-state index contributed by atoms with van der Waals surface area (Å²) >= 11 is 0. The summed E-state index contributed by atoms with van der Waals surface area (Å²) in [6.45, 7) is 8.75. The number of rotatable bonds is 2. The average molecular weight is 238 g/mol. The number of halogens is 3. The summed E-state index contributed by atoms with van der Waals surface area (Å²) in [5.41, 5.74) is -1.50. The molecule has 2 atom stereocenters. The molecule has 1 rings (SSSR count). The van der Waals surface area contributed by atoms with Gasteiger partial charge in [-0.2, -0.15) is 13.2 Å². The second-order valence-corrected chi connectivity index (χ2v) is 5.00. The maximum Gasteiger partial charge on any atom is 0.394 e. The van der Waals surface area contributed by atoms with Gasteiger partial charge in [-0.3, -0.25) is 0 Å². The summed E-state index contributed by atoms with van der Waals surface area (Å²) in [6, 6.07) is 0.